The Hall–Kier alpha value is -6.90. The number of H-pyrrole nitrogens is 1. The maximum atomic E-state index is 11.5. The van der Waals surface area contributed by atoms with E-state index < -0.39 is 45.5 Å². The van der Waals surface area contributed by atoms with Crippen molar-refractivity contribution >= 4 is 110 Å². The Bertz CT molecular complexity index is 2310. The van der Waals surface area contributed by atoms with E-state index in [9.17, 15) is 33.6 Å². The van der Waals surface area contributed by atoms with Gasteiger partial charge in [-0.2, -0.15) is 5.10 Å². The maximum Gasteiger partial charge on any atom is 0.357 e. The number of hydrazine groups is 2. The number of anilines is 3. The lowest BCUT2D eigenvalue weighted by Crippen LogP contribution is -2.46. The van der Waals surface area contributed by atoms with Crippen molar-refractivity contribution in [3.63, 3.8) is 0 Å². The molecule has 0 aliphatic carbocycles. The van der Waals surface area contributed by atoms with Crippen molar-refractivity contribution < 1.29 is 54.1 Å². The van der Waals surface area contributed by atoms with Crippen LogP contribution in [0.1, 0.15) is 41.6 Å². The number of aliphatic hydroxyl groups excluding tert-OH is 1. The molecule has 0 unspecified atom stereocenters. The molecule has 322 valence electrons. The normalized spacial score (nSPS) is 11.3. The number of amides is 4. The molecule has 0 saturated carbocycles. The Morgan fingerprint density at radius 3 is 1.90 bits per heavy atom. The number of carbonyl (C=O) groups is 7. The average Bonchev–Trinajstić information content (AvgIpc) is 3.76. The molecule has 8 N–H and O–H groups in total. The Kier molecular flexibility index (Phi) is 20.5. The number of nitrogens with zero attached hydrogens (tertiary/aromatic N) is 4. The van der Waals surface area contributed by atoms with E-state index in [0.717, 1.165) is 21.2 Å². The summed E-state index contributed by atoms with van der Waals surface area (Å²) < 4.78 is -1.97. The number of fused-ring (bicyclic) bond motifs is 2. The molecule has 6 rings (SSSR count). The van der Waals surface area contributed by atoms with Gasteiger partial charge >= 0.3 is 11.9 Å². The molecular formula is C39H39Cl3N8O11. The summed E-state index contributed by atoms with van der Waals surface area (Å²) in [7, 11) is 0. The van der Waals surface area contributed by atoms with E-state index in [1.54, 1.807) is 79.7 Å². The maximum absolute atomic E-state index is 11.5. The Morgan fingerprint density at radius 1 is 0.836 bits per heavy atom. The zero-order valence-electron chi connectivity index (χ0n) is 32.3. The van der Waals surface area contributed by atoms with E-state index in [1.165, 1.54) is 13.8 Å². The number of alkyl halides is 3. The zero-order valence-corrected chi connectivity index (χ0v) is 34.6. The molecule has 1 aliphatic heterocycles. The lowest BCUT2D eigenvalue weighted by Gasteiger charge is -2.20. The van der Waals surface area contributed by atoms with E-state index in [1.807, 2.05) is 36.4 Å². The molecule has 0 spiro atoms. The second-order valence-electron chi connectivity index (χ2n) is 11.8. The summed E-state index contributed by atoms with van der Waals surface area (Å²) in [6, 6.07) is 31.8. The molecule has 1 aromatic heterocycles. The third kappa shape index (κ3) is 17.1. The van der Waals surface area contributed by atoms with Gasteiger partial charge in [0, 0.05) is 24.9 Å². The Morgan fingerprint density at radius 2 is 1.38 bits per heavy atom. The van der Waals surface area contributed by atoms with Crippen LogP contribution < -0.4 is 26.2 Å². The largest absolute Gasteiger partial charge is 0.476 e. The highest BCUT2D eigenvalue weighted by atomic mass is 35.6. The second-order valence-corrected chi connectivity index (χ2v) is 14.2. The van der Waals surface area contributed by atoms with Crippen molar-refractivity contribution in [3.8, 4) is 0 Å². The van der Waals surface area contributed by atoms with Gasteiger partial charge in [0.25, 0.3) is 11.7 Å². The van der Waals surface area contributed by atoms with E-state index >= 15 is 0 Å². The van der Waals surface area contributed by atoms with Crippen LogP contribution in [-0.4, -0.2) is 94.7 Å². The van der Waals surface area contributed by atoms with Gasteiger partial charge in [0.15, 0.2) is 12.0 Å². The third-order valence-corrected chi connectivity index (χ3v) is 7.59. The molecule has 61 heavy (non-hydrogen) atoms. The van der Waals surface area contributed by atoms with Crippen molar-refractivity contribution in [2.24, 2.45) is 5.16 Å². The summed E-state index contributed by atoms with van der Waals surface area (Å²) in [5.41, 5.74) is 7.64. The first-order chi connectivity index (χ1) is 28.8. The van der Waals surface area contributed by atoms with Crippen LogP contribution >= 0.6 is 34.8 Å². The number of carboxylic acids is 1. The van der Waals surface area contributed by atoms with Crippen molar-refractivity contribution in [3.05, 3.63) is 120 Å². The molecule has 0 saturated heterocycles. The summed E-state index contributed by atoms with van der Waals surface area (Å²) in [5.74, 6) is -3.63. The van der Waals surface area contributed by atoms with Gasteiger partial charge in [-0.15, -0.1) is 0 Å². The van der Waals surface area contributed by atoms with Crippen LogP contribution in [0.2, 0.25) is 0 Å². The molecular weight excluding hydrogens is 863 g/mol. The van der Waals surface area contributed by atoms with E-state index in [-0.39, 0.29) is 11.5 Å². The lowest BCUT2D eigenvalue weighted by molar-refractivity contribution is -0.122. The molecule has 1 aliphatic rings. The molecule has 0 radical (unpaired) electrons. The molecule has 5 aromatic rings. The number of aliphatic hydroxyl groups is 2. The molecule has 19 nitrogen and oxygen atoms in total. The molecule has 0 bridgehead atoms. The van der Waals surface area contributed by atoms with E-state index in [0.29, 0.717) is 35.1 Å². The van der Waals surface area contributed by atoms with Gasteiger partial charge < -0.3 is 25.8 Å². The average molecular weight is 902 g/mol. The first-order valence-corrected chi connectivity index (χ1v) is 18.4. The Labute approximate surface area is 362 Å². The van der Waals surface area contributed by atoms with Gasteiger partial charge in [-0.25, -0.2) is 14.8 Å². The summed E-state index contributed by atoms with van der Waals surface area (Å²) >= 11 is 14.7. The van der Waals surface area contributed by atoms with Gasteiger partial charge in [-0.3, -0.25) is 44.7 Å². The smallest absolute Gasteiger partial charge is 0.357 e. The van der Waals surface area contributed by atoms with Gasteiger partial charge in [-0.1, -0.05) is 107 Å². The predicted octanol–water partition coefficient (Wildman–Crippen LogP) is 4.41. The van der Waals surface area contributed by atoms with Crippen molar-refractivity contribution in [1.29, 1.82) is 0 Å². The van der Waals surface area contributed by atoms with Crippen LogP contribution in [0.15, 0.2) is 114 Å². The highest BCUT2D eigenvalue weighted by Crippen LogP contribution is 2.28. The Balaban J connectivity index is 0.000000269. The topological polar surface area (TPSA) is 284 Å². The van der Waals surface area contributed by atoms with Crippen molar-refractivity contribution in [2.75, 3.05) is 21.9 Å². The fourth-order valence-corrected chi connectivity index (χ4v) is 4.45. The number of carbonyl (C=O) groups excluding carboxylic acids is 6. The number of benzene rings is 4. The number of aromatic nitrogens is 2. The lowest BCUT2D eigenvalue weighted by atomic mass is 10.1. The number of ketones is 2. The van der Waals surface area contributed by atoms with E-state index in [4.69, 9.17) is 55.3 Å². The van der Waals surface area contributed by atoms with Crippen LogP contribution in [0, 0.1) is 0 Å². The number of aromatic amines is 1. The quantitative estimate of drug-likeness (QED) is 0.0281. The first kappa shape index (κ1) is 50.2. The molecule has 0 atom stereocenters. The number of aromatic carboxylic acids is 1. The number of nitrogens with one attached hydrogen (secondary N) is 4. The molecule has 0 fully saturated rings. The fraction of sp³-hybridized carbons (Fsp3) is 0.154. The SMILES string of the molecule is CC(=O)CNc1ccccc1.CC(=O)NN(C(=O)/C=N\O)c1ccccc1.CC(=O)NN1C(=O)C(=O)c2ccccc21.O=C(O)c1n[nH]c2ccccc12.OC(O)C(Cl)(Cl)Cl. The molecule has 4 aromatic carbocycles. The minimum atomic E-state index is -1.97. The second kappa shape index (κ2) is 24.9. The summed E-state index contributed by atoms with van der Waals surface area (Å²) in [5, 5.41) is 47.6. The van der Waals surface area contributed by atoms with Crippen LogP contribution in [0.5, 0.6) is 0 Å². The van der Waals surface area contributed by atoms with Crippen LogP contribution in [0.4, 0.5) is 17.1 Å². The number of carboxylic acid groups (broad SMARTS) is 1. The number of para-hydroxylation sites is 4. The number of Topliss-reactive ketones (excluding diaryl/α,β-unsaturated/α-hetero) is 2. The molecule has 2 heterocycles. The number of oxime groups is 1. The highest BCUT2D eigenvalue weighted by molar-refractivity contribution is 6.67. The van der Waals surface area contributed by atoms with Gasteiger partial charge in [0.2, 0.25) is 15.6 Å². The minimum absolute atomic E-state index is 0.0746. The number of hydrogen-bond acceptors (Lipinski definition) is 13. The number of halogens is 3. The monoisotopic (exact) mass is 900 g/mol. The predicted molar refractivity (Wildman–Crippen MR) is 227 cm³/mol. The van der Waals surface area contributed by atoms with Crippen LogP contribution in [-0.2, 0) is 24.0 Å². The van der Waals surface area contributed by atoms with Gasteiger partial charge in [0.05, 0.1) is 29.0 Å². The highest BCUT2D eigenvalue weighted by Gasteiger charge is 2.36. The van der Waals surface area contributed by atoms with Gasteiger partial charge in [-0.05, 0) is 49.4 Å². The first-order valence-electron chi connectivity index (χ1n) is 17.2. The third-order valence-electron chi connectivity index (χ3n) is 7.01. The van der Waals surface area contributed by atoms with Gasteiger partial charge in [0.1, 0.15) is 12.0 Å². The van der Waals surface area contributed by atoms with Crippen molar-refractivity contribution in [1.82, 2.24) is 21.0 Å². The van der Waals surface area contributed by atoms with Crippen molar-refractivity contribution in [2.45, 2.75) is 30.9 Å². The molecule has 4 amide bonds. The minimum Gasteiger partial charge on any atom is -0.476 e. The van der Waals surface area contributed by atoms with Crippen LogP contribution in [0.3, 0.4) is 0 Å². The summed E-state index contributed by atoms with van der Waals surface area (Å²) in [6.45, 7) is 4.53. The summed E-state index contributed by atoms with van der Waals surface area (Å²) in [4.78, 5) is 77.3. The molecule has 22 heteroatoms. The van der Waals surface area contributed by atoms with E-state index in [2.05, 4.69) is 31.5 Å². The summed E-state index contributed by atoms with van der Waals surface area (Å²) in [6.07, 6.45) is -1.21. The zero-order chi connectivity index (χ0) is 45.7. The number of hydrogen-bond donors (Lipinski definition) is 8. The number of rotatable bonds is 7. The fourth-order valence-electron chi connectivity index (χ4n) is 4.45. The standard InChI is InChI=1S/C10H11N3O3.C10H8N2O3.C9H11NO.C8H6N2O2.C2H3Cl3O2/c1-8(14)12-13(10(15)7-11-16)9-5-3-2-4-6-9;1-6(13)11-12-8-5-3-2-4-7(8)9(14)10(12)15;1-8(11)7-10-9-5-3-2-4-6-9;11-8(12)7-5-3-1-2-4-6(5)9-10-7;3-2(4,5)1(6)7/h2-7,16H,1H3,(H,12,14);2-5H,1H3,(H,11,13);2-6,10H,7H2,1H3;1-4H,(H,9,10)(H,11,12);1,6-7H/b11-7-;;;;. The van der Waals surface area contributed by atoms with Crippen LogP contribution in [0.25, 0.3) is 10.9 Å².